The minimum absolute atomic E-state index is 0.191. The summed E-state index contributed by atoms with van der Waals surface area (Å²) in [7, 11) is 0. The van der Waals surface area contributed by atoms with Crippen molar-refractivity contribution < 1.29 is 9.18 Å². The average molecular weight is 229 g/mol. The topological polar surface area (TPSA) is 41.1 Å². The fraction of sp³-hybridized carbons (Fsp3) is 0.300. The average Bonchev–Trinajstić information content (AvgIpc) is 2.08. The van der Waals surface area contributed by atoms with Gasteiger partial charge in [0.1, 0.15) is 11.4 Å². The van der Waals surface area contributed by atoms with Gasteiger partial charge < -0.3 is 10.6 Å². The zero-order valence-corrected chi connectivity index (χ0v) is 9.07. The molecule has 1 aromatic carbocycles. The summed E-state index contributed by atoms with van der Waals surface area (Å²) in [6, 6.07) is 2.48. The standard InChI is InChI=1S/C10H10ClFN2O/c1-10(2)9(15)13-8-6(11)3-5(12)4-7(8)14-10/h3-4,14H,1-2H3,(H,13,15). The lowest BCUT2D eigenvalue weighted by Gasteiger charge is -2.33. The van der Waals surface area contributed by atoms with E-state index >= 15 is 0 Å². The van der Waals surface area contributed by atoms with E-state index in [1.807, 2.05) is 0 Å². The molecule has 1 aromatic rings. The van der Waals surface area contributed by atoms with Crippen LogP contribution in [0.5, 0.6) is 0 Å². The van der Waals surface area contributed by atoms with Crippen LogP contribution in [0.15, 0.2) is 12.1 Å². The van der Waals surface area contributed by atoms with E-state index in [4.69, 9.17) is 11.6 Å². The Kier molecular flexibility index (Phi) is 2.12. The first-order valence-electron chi connectivity index (χ1n) is 4.49. The van der Waals surface area contributed by atoms with Crippen molar-refractivity contribution in [2.45, 2.75) is 19.4 Å². The van der Waals surface area contributed by atoms with Crippen LogP contribution in [-0.2, 0) is 4.79 Å². The first-order chi connectivity index (χ1) is 6.90. The maximum Gasteiger partial charge on any atom is 0.249 e. The zero-order chi connectivity index (χ0) is 11.2. The molecule has 0 bridgehead atoms. The highest BCUT2D eigenvalue weighted by molar-refractivity contribution is 6.35. The number of hydrogen-bond acceptors (Lipinski definition) is 2. The molecule has 1 amide bonds. The van der Waals surface area contributed by atoms with Crippen LogP contribution in [0, 0.1) is 5.82 Å². The number of hydrogen-bond donors (Lipinski definition) is 2. The Bertz CT molecular complexity index is 445. The molecule has 0 spiro atoms. The number of nitrogens with one attached hydrogen (secondary N) is 2. The molecule has 0 radical (unpaired) electrons. The van der Waals surface area contributed by atoms with Crippen molar-refractivity contribution in [3.63, 3.8) is 0 Å². The van der Waals surface area contributed by atoms with Crippen LogP contribution in [0.25, 0.3) is 0 Å². The summed E-state index contributed by atoms with van der Waals surface area (Å²) in [5.74, 6) is -0.623. The van der Waals surface area contributed by atoms with Crippen LogP contribution in [0.3, 0.4) is 0 Å². The largest absolute Gasteiger partial charge is 0.370 e. The molecule has 0 unspecified atom stereocenters. The van der Waals surface area contributed by atoms with Crippen LogP contribution in [0.2, 0.25) is 5.02 Å². The highest BCUT2D eigenvalue weighted by Crippen LogP contribution is 2.37. The molecule has 80 valence electrons. The molecule has 1 heterocycles. The summed E-state index contributed by atoms with van der Waals surface area (Å²) in [5.41, 5.74) is 0.177. The van der Waals surface area contributed by atoms with E-state index in [0.717, 1.165) is 0 Å². The van der Waals surface area contributed by atoms with Crippen molar-refractivity contribution in [2.75, 3.05) is 10.6 Å². The number of rotatable bonds is 0. The maximum atomic E-state index is 13.1. The highest BCUT2D eigenvalue weighted by atomic mass is 35.5. The van der Waals surface area contributed by atoms with Gasteiger partial charge in [0, 0.05) is 0 Å². The van der Waals surface area contributed by atoms with Crippen molar-refractivity contribution in [2.24, 2.45) is 0 Å². The Morgan fingerprint density at radius 3 is 2.73 bits per heavy atom. The molecule has 3 nitrogen and oxygen atoms in total. The number of carbonyl (C=O) groups is 1. The maximum absolute atomic E-state index is 13.1. The third kappa shape index (κ3) is 1.65. The number of carbonyl (C=O) groups excluding carboxylic acids is 1. The molecule has 2 N–H and O–H groups in total. The van der Waals surface area contributed by atoms with Crippen LogP contribution in [0.4, 0.5) is 15.8 Å². The molecule has 1 aliphatic rings. The van der Waals surface area contributed by atoms with E-state index in [2.05, 4.69) is 10.6 Å². The summed E-state index contributed by atoms with van der Waals surface area (Å²) in [6.45, 7) is 3.42. The van der Waals surface area contributed by atoms with Gasteiger partial charge in [-0.3, -0.25) is 4.79 Å². The lowest BCUT2D eigenvalue weighted by Crippen LogP contribution is -2.47. The lowest BCUT2D eigenvalue weighted by molar-refractivity contribution is -0.119. The second kappa shape index (κ2) is 3.10. The minimum Gasteiger partial charge on any atom is -0.370 e. The quantitative estimate of drug-likeness (QED) is 0.717. The molecule has 0 saturated carbocycles. The van der Waals surface area contributed by atoms with Gasteiger partial charge in [-0.2, -0.15) is 0 Å². The molecular weight excluding hydrogens is 219 g/mol. The van der Waals surface area contributed by atoms with Gasteiger partial charge in [-0.1, -0.05) is 11.6 Å². The third-order valence-corrected chi connectivity index (χ3v) is 2.61. The second-order valence-corrected chi connectivity index (χ2v) is 4.42. The van der Waals surface area contributed by atoms with Crippen molar-refractivity contribution in [1.29, 1.82) is 0 Å². The molecule has 0 aliphatic carbocycles. The minimum atomic E-state index is -0.760. The van der Waals surface area contributed by atoms with E-state index in [0.29, 0.717) is 11.4 Å². The smallest absolute Gasteiger partial charge is 0.249 e. The van der Waals surface area contributed by atoms with Gasteiger partial charge in [-0.05, 0) is 26.0 Å². The van der Waals surface area contributed by atoms with Gasteiger partial charge in [-0.15, -0.1) is 0 Å². The summed E-state index contributed by atoms with van der Waals surface area (Å²) in [5, 5.41) is 5.77. The fourth-order valence-corrected chi connectivity index (χ4v) is 1.72. The zero-order valence-electron chi connectivity index (χ0n) is 8.32. The first-order valence-corrected chi connectivity index (χ1v) is 4.86. The summed E-state index contributed by atoms with van der Waals surface area (Å²) >= 11 is 5.81. The van der Waals surface area contributed by atoms with Gasteiger partial charge in [-0.25, -0.2) is 4.39 Å². The molecular formula is C10H10ClFN2O. The van der Waals surface area contributed by atoms with Crippen LogP contribution < -0.4 is 10.6 Å². The van der Waals surface area contributed by atoms with Crippen molar-refractivity contribution >= 4 is 28.9 Å². The number of halogens is 2. The molecule has 5 heteroatoms. The van der Waals surface area contributed by atoms with Crippen molar-refractivity contribution in [1.82, 2.24) is 0 Å². The van der Waals surface area contributed by atoms with E-state index < -0.39 is 11.4 Å². The number of fused-ring (bicyclic) bond motifs is 1. The van der Waals surface area contributed by atoms with E-state index in [1.165, 1.54) is 12.1 Å². The first kappa shape index (κ1) is 10.2. The Morgan fingerprint density at radius 2 is 2.07 bits per heavy atom. The predicted octanol–water partition coefficient (Wildman–Crippen LogP) is 2.62. The molecule has 0 fully saturated rings. The monoisotopic (exact) mass is 228 g/mol. The predicted molar refractivity (Wildman–Crippen MR) is 57.7 cm³/mol. The highest BCUT2D eigenvalue weighted by Gasteiger charge is 2.33. The van der Waals surface area contributed by atoms with Crippen molar-refractivity contribution in [3.8, 4) is 0 Å². The Labute approximate surface area is 91.6 Å². The normalized spacial score (nSPS) is 17.7. The summed E-state index contributed by atoms with van der Waals surface area (Å²) in [6.07, 6.45) is 0. The van der Waals surface area contributed by atoms with Gasteiger partial charge in [0.05, 0.1) is 16.4 Å². The molecule has 0 aromatic heterocycles. The molecule has 2 rings (SSSR count). The number of amides is 1. The van der Waals surface area contributed by atoms with Gasteiger partial charge >= 0.3 is 0 Å². The summed E-state index contributed by atoms with van der Waals surface area (Å²) < 4.78 is 13.1. The summed E-state index contributed by atoms with van der Waals surface area (Å²) in [4.78, 5) is 11.6. The van der Waals surface area contributed by atoms with Crippen LogP contribution >= 0.6 is 11.6 Å². The SMILES string of the molecule is CC1(C)Nc2cc(F)cc(Cl)c2NC1=O. The third-order valence-electron chi connectivity index (χ3n) is 2.31. The van der Waals surface area contributed by atoms with Gasteiger partial charge in [0.15, 0.2) is 0 Å². The molecule has 0 atom stereocenters. The molecule has 1 aliphatic heterocycles. The van der Waals surface area contributed by atoms with Crippen LogP contribution in [-0.4, -0.2) is 11.4 Å². The Morgan fingerprint density at radius 1 is 1.40 bits per heavy atom. The van der Waals surface area contributed by atoms with E-state index in [-0.39, 0.29) is 10.9 Å². The van der Waals surface area contributed by atoms with E-state index in [9.17, 15) is 9.18 Å². The molecule has 0 saturated heterocycles. The van der Waals surface area contributed by atoms with E-state index in [1.54, 1.807) is 13.8 Å². The second-order valence-electron chi connectivity index (χ2n) is 4.01. The van der Waals surface area contributed by atoms with Crippen molar-refractivity contribution in [3.05, 3.63) is 23.0 Å². The van der Waals surface area contributed by atoms with Gasteiger partial charge in [0.25, 0.3) is 0 Å². The lowest BCUT2D eigenvalue weighted by atomic mass is 10.00. The number of anilines is 2. The Hall–Kier alpha value is -1.29. The molecule has 15 heavy (non-hydrogen) atoms. The van der Waals surface area contributed by atoms with Crippen LogP contribution in [0.1, 0.15) is 13.8 Å². The number of benzene rings is 1. The fourth-order valence-electron chi connectivity index (χ4n) is 1.46. The van der Waals surface area contributed by atoms with Gasteiger partial charge in [0.2, 0.25) is 5.91 Å². The Balaban J connectivity index is 2.55.